The number of hydrogen-bond donors (Lipinski definition) is 1. The van der Waals surface area contributed by atoms with E-state index in [1.165, 1.54) is 12.0 Å². The van der Waals surface area contributed by atoms with Crippen LogP contribution < -0.4 is 0 Å². The molecule has 0 amide bonds. The lowest BCUT2D eigenvalue weighted by molar-refractivity contribution is 0.0695. The van der Waals surface area contributed by atoms with Gasteiger partial charge in [-0.15, -0.1) is 0 Å². The summed E-state index contributed by atoms with van der Waals surface area (Å²) in [5, 5.41) is 9.24. The minimum Gasteiger partial charge on any atom is -0.478 e. The molecule has 1 aromatic rings. The lowest BCUT2D eigenvalue weighted by Crippen LogP contribution is -2.15. The fourth-order valence-corrected chi connectivity index (χ4v) is 2.57. The molecule has 0 aromatic carbocycles. The quantitative estimate of drug-likeness (QED) is 0.873. The van der Waals surface area contributed by atoms with E-state index >= 15 is 0 Å². The highest BCUT2D eigenvalue weighted by Gasteiger charge is 2.21. The van der Waals surface area contributed by atoms with Gasteiger partial charge in [0.1, 0.15) is 0 Å². The molecule has 0 atom stereocenters. The SMILES string of the molecule is CC(C)Cc1c(C(=O)O)cnc2c1CCCC2. The predicted molar refractivity (Wildman–Crippen MR) is 66.4 cm³/mol. The van der Waals surface area contributed by atoms with Gasteiger partial charge in [-0.3, -0.25) is 4.98 Å². The van der Waals surface area contributed by atoms with Crippen LogP contribution in [0.3, 0.4) is 0 Å². The van der Waals surface area contributed by atoms with Crippen molar-refractivity contribution in [2.45, 2.75) is 46.0 Å². The first-order valence-electron chi connectivity index (χ1n) is 6.32. The van der Waals surface area contributed by atoms with Crippen molar-refractivity contribution in [2.24, 2.45) is 5.92 Å². The molecule has 1 heterocycles. The van der Waals surface area contributed by atoms with Crippen molar-refractivity contribution in [3.63, 3.8) is 0 Å². The fourth-order valence-electron chi connectivity index (χ4n) is 2.57. The Balaban J connectivity index is 2.51. The molecule has 1 aromatic heterocycles. The maximum Gasteiger partial charge on any atom is 0.337 e. The molecule has 3 nitrogen and oxygen atoms in total. The zero-order chi connectivity index (χ0) is 12.4. The van der Waals surface area contributed by atoms with Crippen LogP contribution >= 0.6 is 0 Å². The molecule has 17 heavy (non-hydrogen) atoms. The molecule has 0 saturated carbocycles. The highest BCUT2D eigenvalue weighted by atomic mass is 16.4. The van der Waals surface area contributed by atoms with Gasteiger partial charge in [0.2, 0.25) is 0 Å². The van der Waals surface area contributed by atoms with E-state index < -0.39 is 5.97 Å². The van der Waals surface area contributed by atoms with Crippen molar-refractivity contribution >= 4 is 5.97 Å². The van der Waals surface area contributed by atoms with Crippen molar-refractivity contribution in [3.05, 3.63) is 28.6 Å². The number of rotatable bonds is 3. The fraction of sp³-hybridized carbons (Fsp3) is 0.571. The summed E-state index contributed by atoms with van der Waals surface area (Å²) in [7, 11) is 0. The van der Waals surface area contributed by atoms with E-state index in [0.29, 0.717) is 11.5 Å². The molecule has 1 aliphatic rings. The molecule has 0 saturated heterocycles. The largest absolute Gasteiger partial charge is 0.478 e. The molecule has 0 unspecified atom stereocenters. The van der Waals surface area contributed by atoms with Crippen LogP contribution in [0.4, 0.5) is 0 Å². The number of carboxylic acid groups (broad SMARTS) is 1. The number of nitrogens with zero attached hydrogens (tertiary/aromatic N) is 1. The summed E-state index contributed by atoms with van der Waals surface area (Å²) >= 11 is 0. The van der Waals surface area contributed by atoms with Crippen LogP contribution in [-0.2, 0) is 19.3 Å². The van der Waals surface area contributed by atoms with Crippen LogP contribution in [0.2, 0.25) is 0 Å². The number of hydrogen-bond acceptors (Lipinski definition) is 2. The topological polar surface area (TPSA) is 50.2 Å². The third-order valence-electron chi connectivity index (χ3n) is 3.32. The van der Waals surface area contributed by atoms with Crippen molar-refractivity contribution < 1.29 is 9.90 Å². The van der Waals surface area contributed by atoms with Crippen LogP contribution in [0.1, 0.15) is 53.9 Å². The second-order valence-electron chi connectivity index (χ2n) is 5.19. The summed E-state index contributed by atoms with van der Waals surface area (Å²) in [6.07, 6.45) is 6.71. The highest BCUT2D eigenvalue weighted by molar-refractivity contribution is 5.89. The van der Waals surface area contributed by atoms with Crippen LogP contribution in [0.15, 0.2) is 6.20 Å². The smallest absolute Gasteiger partial charge is 0.337 e. The lowest BCUT2D eigenvalue weighted by atomic mass is 9.86. The molecule has 0 radical (unpaired) electrons. The van der Waals surface area contributed by atoms with E-state index in [9.17, 15) is 9.90 Å². The number of pyridine rings is 1. The Hall–Kier alpha value is -1.38. The normalized spacial score (nSPS) is 14.8. The first-order chi connectivity index (χ1) is 8.09. The van der Waals surface area contributed by atoms with E-state index in [4.69, 9.17) is 0 Å². The van der Waals surface area contributed by atoms with Gasteiger partial charge in [0.05, 0.1) is 5.56 Å². The van der Waals surface area contributed by atoms with E-state index in [-0.39, 0.29) is 0 Å². The Labute approximate surface area is 102 Å². The Kier molecular flexibility index (Phi) is 3.46. The lowest BCUT2D eigenvalue weighted by Gasteiger charge is -2.21. The first kappa shape index (κ1) is 12.1. The zero-order valence-electron chi connectivity index (χ0n) is 10.5. The van der Waals surface area contributed by atoms with Gasteiger partial charge in [0, 0.05) is 11.9 Å². The molecule has 0 spiro atoms. The number of aromatic carboxylic acids is 1. The van der Waals surface area contributed by atoms with E-state index in [1.807, 2.05) is 0 Å². The predicted octanol–water partition coefficient (Wildman–Crippen LogP) is 2.86. The second-order valence-corrected chi connectivity index (χ2v) is 5.19. The van der Waals surface area contributed by atoms with Crippen molar-refractivity contribution in [1.82, 2.24) is 4.98 Å². The average Bonchev–Trinajstić information content (AvgIpc) is 2.28. The minimum atomic E-state index is -0.846. The van der Waals surface area contributed by atoms with Gasteiger partial charge in [0.15, 0.2) is 0 Å². The number of carbonyl (C=O) groups is 1. The van der Waals surface area contributed by atoms with Crippen LogP contribution in [-0.4, -0.2) is 16.1 Å². The summed E-state index contributed by atoms with van der Waals surface area (Å²) in [4.78, 5) is 15.6. The molecule has 0 aliphatic heterocycles. The monoisotopic (exact) mass is 233 g/mol. The maximum absolute atomic E-state index is 11.2. The number of aryl methyl sites for hydroxylation is 1. The molecule has 0 bridgehead atoms. The van der Waals surface area contributed by atoms with Crippen LogP contribution in [0, 0.1) is 5.92 Å². The van der Waals surface area contributed by atoms with Crippen LogP contribution in [0.5, 0.6) is 0 Å². The van der Waals surface area contributed by atoms with Crippen molar-refractivity contribution in [1.29, 1.82) is 0 Å². The summed E-state index contributed by atoms with van der Waals surface area (Å²) < 4.78 is 0. The Morgan fingerprint density at radius 1 is 1.41 bits per heavy atom. The summed E-state index contributed by atoms with van der Waals surface area (Å²) in [5.74, 6) is -0.372. The number of aromatic nitrogens is 1. The number of fused-ring (bicyclic) bond motifs is 1. The summed E-state index contributed by atoms with van der Waals surface area (Å²) in [5.41, 5.74) is 3.76. The summed E-state index contributed by atoms with van der Waals surface area (Å²) in [6.45, 7) is 4.25. The molecular formula is C14H19NO2. The van der Waals surface area contributed by atoms with Gasteiger partial charge in [0.25, 0.3) is 0 Å². The van der Waals surface area contributed by atoms with E-state index in [2.05, 4.69) is 18.8 Å². The zero-order valence-corrected chi connectivity index (χ0v) is 10.5. The molecule has 2 rings (SSSR count). The van der Waals surface area contributed by atoms with Gasteiger partial charge in [-0.2, -0.15) is 0 Å². The molecule has 1 N–H and O–H groups in total. The minimum absolute atomic E-state index is 0.402. The third kappa shape index (κ3) is 2.48. The molecular weight excluding hydrogens is 214 g/mol. The van der Waals surface area contributed by atoms with Crippen molar-refractivity contribution in [3.8, 4) is 0 Å². The molecule has 3 heteroatoms. The Morgan fingerprint density at radius 3 is 2.76 bits per heavy atom. The summed E-state index contributed by atoms with van der Waals surface area (Å²) in [6, 6.07) is 0. The van der Waals surface area contributed by atoms with Gasteiger partial charge >= 0.3 is 5.97 Å². The second kappa shape index (κ2) is 4.86. The average molecular weight is 233 g/mol. The highest BCUT2D eigenvalue weighted by Crippen LogP contribution is 2.27. The Morgan fingerprint density at radius 2 is 2.12 bits per heavy atom. The van der Waals surface area contributed by atoms with Gasteiger partial charge in [-0.25, -0.2) is 4.79 Å². The molecule has 0 fully saturated rings. The maximum atomic E-state index is 11.2. The van der Waals surface area contributed by atoms with E-state index in [0.717, 1.165) is 36.9 Å². The third-order valence-corrected chi connectivity index (χ3v) is 3.32. The van der Waals surface area contributed by atoms with Crippen LogP contribution in [0.25, 0.3) is 0 Å². The standard InChI is InChI=1S/C14H19NO2/c1-9(2)7-11-10-5-3-4-6-13(10)15-8-12(11)14(16)17/h8-9H,3-7H2,1-2H3,(H,16,17). The van der Waals surface area contributed by atoms with Gasteiger partial charge in [-0.1, -0.05) is 13.8 Å². The molecule has 1 aliphatic carbocycles. The Bertz CT molecular complexity index is 438. The number of carboxylic acids is 1. The molecule has 92 valence electrons. The van der Waals surface area contributed by atoms with Crippen molar-refractivity contribution in [2.75, 3.05) is 0 Å². The van der Waals surface area contributed by atoms with E-state index in [1.54, 1.807) is 6.20 Å². The first-order valence-corrected chi connectivity index (χ1v) is 6.32. The van der Waals surface area contributed by atoms with Gasteiger partial charge < -0.3 is 5.11 Å². The van der Waals surface area contributed by atoms with Gasteiger partial charge in [-0.05, 0) is 49.1 Å².